The molecule has 4 N–H and O–H groups in total. The van der Waals surface area contributed by atoms with Crippen LogP contribution in [-0.4, -0.2) is 95.8 Å². The average Bonchev–Trinajstić information content (AvgIpc) is 3.06. The molecule has 6 atom stereocenters. The Morgan fingerprint density at radius 3 is 2.24 bits per heavy atom. The van der Waals surface area contributed by atoms with Crippen molar-refractivity contribution in [2.75, 3.05) is 33.7 Å². The highest BCUT2D eigenvalue weighted by molar-refractivity contribution is 5.91. The lowest BCUT2D eigenvalue weighted by Crippen LogP contribution is -2.57. The third kappa shape index (κ3) is 12.8. The van der Waals surface area contributed by atoms with E-state index in [1.165, 1.54) is 0 Å². The van der Waals surface area contributed by atoms with Gasteiger partial charge in [-0.05, 0) is 44.3 Å². The van der Waals surface area contributed by atoms with Crippen LogP contribution in [0.3, 0.4) is 0 Å². The molecule has 46 heavy (non-hydrogen) atoms. The van der Waals surface area contributed by atoms with E-state index in [1.807, 2.05) is 51.2 Å². The molecule has 9 nitrogen and oxygen atoms in total. The van der Waals surface area contributed by atoms with E-state index in [0.717, 1.165) is 44.2 Å². The number of nitrogens with zero attached hydrogens (tertiary/aromatic N) is 2. The first-order valence-corrected chi connectivity index (χ1v) is 16.9. The van der Waals surface area contributed by atoms with Crippen molar-refractivity contribution in [3.05, 3.63) is 35.9 Å². The zero-order valence-electron chi connectivity index (χ0n) is 28.3. The minimum Gasteiger partial charge on any atom is -0.389 e. The maximum atomic E-state index is 13.9. The average molecular weight is 637 g/mol. The fourth-order valence-corrected chi connectivity index (χ4v) is 6.04. The van der Waals surface area contributed by atoms with Gasteiger partial charge in [0.1, 0.15) is 12.1 Å². The molecule has 0 saturated heterocycles. The fraction of sp³-hybridized carbons (Fsp3) is 0.649. The topological polar surface area (TPSA) is 122 Å². The smallest absolute Gasteiger partial charge is 0.244 e. The van der Waals surface area contributed by atoms with Crippen molar-refractivity contribution in [2.24, 2.45) is 17.8 Å². The second-order valence-electron chi connectivity index (χ2n) is 12.8. The quantitative estimate of drug-likeness (QED) is 0.173. The van der Waals surface area contributed by atoms with Gasteiger partial charge in [-0.15, -0.1) is 24.7 Å². The number of terminal acetylenes is 2. The number of benzene rings is 1. The van der Waals surface area contributed by atoms with Crippen LogP contribution in [0.15, 0.2) is 30.3 Å². The molecule has 0 heterocycles. The second kappa shape index (κ2) is 20.7. The maximum absolute atomic E-state index is 13.9. The lowest BCUT2D eigenvalue weighted by atomic mass is 9.82. The first kappa shape index (κ1) is 38.8. The number of carbonyl (C=O) groups excluding carboxylic acids is 3. The molecule has 0 radical (unpaired) electrons. The summed E-state index contributed by atoms with van der Waals surface area (Å²) in [5.41, 5.74) is 0.895. The number of carbonyl (C=O) groups is 3. The van der Waals surface area contributed by atoms with Gasteiger partial charge in [-0.25, -0.2) is 0 Å². The summed E-state index contributed by atoms with van der Waals surface area (Å²) in [6.45, 7) is 5.99. The first-order chi connectivity index (χ1) is 22.0. The molecule has 1 aliphatic rings. The van der Waals surface area contributed by atoms with E-state index in [2.05, 4.69) is 27.4 Å². The number of likely N-dealkylation sites (N-methyl/N-ethyl adjacent to an activating group) is 2. The molecule has 1 aromatic carbocycles. The number of hydrogen-bond acceptors (Lipinski definition) is 6. The number of aliphatic hydroxyl groups excluding tert-OH is 2. The predicted molar refractivity (Wildman–Crippen MR) is 182 cm³/mol. The zero-order valence-corrected chi connectivity index (χ0v) is 28.3. The third-order valence-electron chi connectivity index (χ3n) is 9.31. The van der Waals surface area contributed by atoms with Crippen LogP contribution in [0, 0.1) is 42.4 Å². The number of hydrogen-bond donors (Lipinski definition) is 4. The number of nitrogens with one attached hydrogen (secondary N) is 2. The van der Waals surface area contributed by atoms with Crippen LogP contribution < -0.4 is 10.6 Å². The van der Waals surface area contributed by atoms with Crippen LogP contribution in [0.25, 0.3) is 0 Å². The predicted octanol–water partition coefficient (Wildman–Crippen LogP) is 2.99. The van der Waals surface area contributed by atoms with Gasteiger partial charge in [0.2, 0.25) is 17.7 Å². The van der Waals surface area contributed by atoms with E-state index in [0.29, 0.717) is 32.4 Å². The molecule has 2 rings (SSSR count). The highest BCUT2D eigenvalue weighted by Gasteiger charge is 2.36. The Morgan fingerprint density at radius 2 is 1.65 bits per heavy atom. The van der Waals surface area contributed by atoms with Gasteiger partial charge in [0.25, 0.3) is 0 Å². The van der Waals surface area contributed by atoms with Crippen LogP contribution in [-0.2, 0) is 20.8 Å². The van der Waals surface area contributed by atoms with Crippen LogP contribution in [0.4, 0.5) is 0 Å². The molecule has 1 unspecified atom stereocenters. The van der Waals surface area contributed by atoms with Crippen molar-refractivity contribution < 1.29 is 24.6 Å². The minimum atomic E-state index is -1.28. The molecule has 1 saturated carbocycles. The molecule has 254 valence electrons. The van der Waals surface area contributed by atoms with E-state index in [4.69, 9.17) is 12.8 Å². The SMILES string of the molecule is C#CC[C@H](O)[C@H](O)[C@H](CC1CCCCC1)NC(=O)[C@@H](NC(=O)[C@H](CC(=O)N(C)CCN(C)CC)Cc1ccccc1)C(C#C)CC. The summed E-state index contributed by atoms with van der Waals surface area (Å²) in [4.78, 5) is 44.9. The van der Waals surface area contributed by atoms with Crippen LogP contribution in [0.2, 0.25) is 0 Å². The van der Waals surface area contributed by atoms with E-state index in [-0.39, 0.29) is 24.7 Å². The highest BCUT2D eigenvalue weighted by Crippen LogP contribution is 2.29. The molecule has 3 amide bonds. The van der Waals surface area contributed by atoms with Gasteiger partial charge in [-0.2, -0.15) is 0 Å². The summed E-state index contributed by atoms with van der Waals surface area (Å²) in [6, 6.07) is 7.59. The maximum Gasteiger partial charge on any atom is 0.244 e. The summed E-state index contributed by atoms with van der Waals surface area (Å²) in [7, 11) is 3.72. The molecule has 1 fully saturated rings. The van der Waals surface area contributed by atoms with Crippen LogP contribution in [0.5, 0.6) is 0 Å². The van der Waals surface area contributed by atoms with E-state index in [9.17, 15) is 24.6 Å². The molecular formula is C37H56N4O5. The first-order valence-electron chi connectivity index (χ1n) is 16.9. The summed E-state index contributed by atoms with van der Waals surface area (Å²) in [5.74, 6) is 2.80. The standard InChI is InChI=1S/C37H56N4O5/c1-7-17-32(42)35(44)31(25-28-20-15-12-16-21-28)38-37(46)34(29(8-2)9-3)39-36(45)30(24-27-18-13-11-14-19-27)26-33(43)41(6)23-22-40(5)10-4/h1-2,11,13-14,18-19,28-32,34-35,42,44H,9-10,12,15-17,20-26H2,3-6H3,(H,38,46)(H,39,45)/t29?,30-,31-,32-,34-,35+/m0/s1. The van der Waals surface area contributed by atoms with Crippen molar-refractivity contribution >= 4 is 17.7 Å². The van der Waals surface area contributed by atoms with Crippen LogP contribution >= 0.6 is 0 Å². The lowest BCUT2D eigenvalue weighted by Gasteiger charge is -2.34. The fourth-order valence-electron chi connectivity index (χ4n) is 6.04. The Morgan fingerprint density at radius 1 is 0.978 bits per heavy atom. The van der Waals surface area contributed by atoms with Gasteiger partial charge in [0.15, 0.2) is 0 Å². The van der Waals surface area contributed by atoms with Gasteiger partial charge < -0.3 is 30.6 Å². The largest absolute Gasteiger partial charge is 0.389 e. The van der Waals surface area contributed by atoms with Crippen molar-refractivity contribution in [1.82, 2.24) is 20.4 Å². The number of amides is 3. The Balaban J connectivity index is 2.30. The number of aliphatic hydroxyl groups is 2. The van der Waals surface area contributed by atoms with Crippen molar-refractivity contribution in [1.29, 1.82) is 0 Å². The minimum absolute atomic E-state index is 0.0322. The zero-order chi connectivity index (χ0) is 34.1. The molecule has 9 heteroatoms. The van der Waals surface area contributed by atoms with E-state index < -0.39 is 47.9 Å². The van der Waals surface area contributed by atoms with Crippen molar-refractivity contribution in [3.63, 3.8) is 0 Å². The molecule has 0 spiro atoms. The van der Waals surface area contributed by atoms with Gasteiger partial charge in [-0.3, -0.25) is 14.4 Å². The monoisotopic (exact) mass is 636 g/mol. The Hall–Kier alpha value is -3.37. The Kier molecular flexibility index (Phi) is 17.5. The van der Waals surface area contributed by atoms with Crippen LogP contribution in [0.1, 0.15) is 77.2 Å². The molecular weight excluding hydrogens is 580 g/mol. The summed E-state index contributed by atoms with van der Waals surface area (Å²) in [5, 5.41) is 27.5. The highest BCUT2D eigenvalue weighted by atomic mass is 16.3. The molecule has 1 aliphatic carbocycles. The Bertz CT molecular complexity index is 1160. The molecule has 0 aliphatic heterocycles. The number of rotatable bonds is 19. The molecule has 0 aromatic heterocycles. The normalized spacial score (nSPS) is 17.4. The summed E-state index contributed by atoms with van der Waals surface area (Å²) in [6.07, 6.45) is 15.1. The summed E-state index contributed by atoms with van der Waals surface area (Å²) < 4.78 is 0. The lowest BCUT2D eigenvalue weighted by molar-refractivity contribution is -0.137. The molecule has 1 aromatic rings. The molecule has 0 bridgehead atoms. The van der Waals surface area contributed by atoms with Gasteiger partial charge in [0.05, 0.1) is 18.1 Å². The van der Waals surface area contributed by atoms with Gasteiger partial charge in [-0.1, -0.05) is 76.3 Å². The van der Waals surface area contributed by atoms with E-state index >= 15 is 0 Å². The Labute approximate surface area is 276 Å². The van der Waals surface area contributed by atoms with Crippen molar-refractivity contribution in [3.8, 4) is 24.7 Å². The second-order valence-corrected chi connectivity index (χ2v) is 12.8. The van der Waals surface area contributed by atoms with E-state index in [1.54, 1.807) is 11.9 Å². The van der Waals surface area contributed by atoms with Crippen molar-refractivity contribution in [2.45, 2.75) is 102 Å². The van der Waals surface area contributed by atoms with Gasteiger partial charge >= 0.3 is 0 Å². The van der Waals surface area contributed by atoms with Gasteiger partial charge in [0, 0.05) is 38.9 Å². The third-order valence-corrected chi connectivity index (χ3v) is 9.31. The summed E-state index contributed by atoms with van der Waals surface area (Å²) >= 11 is 0.